The zero-order chi connectivity index (χ0) is 20.5. The van der Waals surface area contributed by atoms with Gasteiger partial charge < -0.3 is 11.1 Å². The zero-order valence-electron chi connectivity index (χ0n) is 15.4. The van der Waals surface area contributed by atoms with Crippen molar-refractivity contribution in [2.75, 3.05) is 5.32 Å². The average molecular weight is 491 g/mol. The van der Waals surface area contributed by atoms with Gasteiger partial charge in [-0.15, -0.1) is 5.10 Å². The molecule has 1 aliphatic heterocycles. The zero-order valence-corrected chi connectivity index (χ0v) is 18.6. The Morgan fingerprint density at radius 2 is 2.10 bits per heavy atom. The predicted molar refractivity (Wildman–Crippen MR) is 119 cm³/mol. The fourth-order valence-electron chi connectivity index (χ4n) is 3.25. The highest BCUT2D eigenvalue weighted by molar-refractivity contribution is 9.10. The molecule has 1 aromatic heterocycles. The van der Waals surface area contributed by atoms with Gasteiger partial charge in [0.1, 0.15) is 6.04 Å². The number of anilines is 1. The first-order valence-electron chi connectivity index (χ1n) is 8.80. The van der Waals surface area contributed by atoms with Crippen LogP contribution in [0.5, 0.6) is 0 Å². The summed E-state index contributed by atoms with van der Waals surface area (Å²) in [6.07, 6.45) is 0. The Morgan fingerprint density at radius 1 is 1.31 bits per heavy atom. The van der Waals surface area contributed by atoms with Crippen LogP contribution in [-0.4, -0.2) is 20.7 Å². The maximum Gasteiger partial charge on any atom is 0.248 e. The molecule has 148 valence electrons. The van der Waals surface area contributed by atoms with Crippen LogP contribution in [0.2, 0.25) is 5.02 Å². The molecule has 3 aromatic rings. The summed E-state index contributed by atoms with van der Waals surface area (Å²) < 4.78 is 2.62. The molecule has 6 nitrogen and oxygen atoms in total. The minimum absolute atomic E-state index is 0.455. The number of nitrogens with one attached hydrogen (secondary N) is 1. The third-order valence-corrected chi connectivity index (χ3v) is 6.33. The number of primary amides is 1. The van der Waals surface area contributed by atoms with E-state index in [0.717, 1.165) is 15.6 Å². The number of halogens is 2. The van der Waals surface area contributed by atoms with Crippen molar-refractivity contribution >= 4 is 51.1 Å². The van der Waals surface area contributed by atoms with Gasteiger partial charge in [0.2, 0.25) is 17.0 Å². The minimum Gasteiger partial charge on any atom is -0.366 e. The number of carbonyl (C=O) groups is 1. The molecule has 0 bridgehead atoms. The Hall–Kier alpha value is -2.29. The normalized spacial score (nSPS) is 15.8. The van der Waals surface area contributed by atoms with Crippen LogP contribution in [0.1, 0.15) is 24.1 Å². The molecule has 1 aliphatic rings. The van der Waals surface area contributed by atoms with E-state index < -0.39 is 11.9 Å². The maximum absolute atomic E-state index is 12.2. The summed E-state index contributed by atoms with van der Waals surface area (Å²) in [5, 5.41) is 9.11. The molecular weight excluding hydrogens is 474 g/mol. The van der Waals surface area contributed by atoms with Crippen molar-refractivity contribution < 1.29 is 4.79 Å². The minimum atomic E-state index is -0.494. The smallest absolute Gasteiger partial charge is 0.248 e. The SMILES string of the molecule is CC1=C(C(N)=O)C(c2cccc(Br)c2)n2nc(SCc3ccccc3Cl)nc2N1. The molecular formula is C20H17BrClN5OS. The molecule has 29 heavy (non-hydrogen) atoms. The quantitative estimate of drug-likeness (QED) is 0.504. The Kier molecular flexibility index (Phi) is 5.67. The fraction of sp³-hybridized carbons (Fsp3) is 0.150. The van der Waals surface area contributed by atoms with Crippen LogP contribution in [0.15, 0.2) is 69.4 Å². The second-order valence-corrected chi connectivity index (χ2v) is 8.79. The Balaban J connectivity index is 1.70. The number of nitrogens with two attached hydrogens (primary N) is 1. The lowest BCUT2D eigenvalue weighted by atomic mass is 9.95. The third-order valence-electron chi connectivity index (χ3n) is 4.58. The van der Waals surface area contributed by atoms with E-state index in [1.54, 1.807) is 4.68 Å². The number of aromatic nitrogens is 3. The number of amides is 1. The van der Waals surface area contributed by atoms with Gasteiger partial charge in [0.15, 0.2) is 0 Å². The van der Waals surface area contributed by atoms with Gasteiger partial charge >= 0.3 is 0 Å². The summed E-state index contributed by atoms with van der Waals surface area (Å²) in [7, 11) is 0. The summed E-state index contributed by atoms with van der Waals surface area (Å²) in [5.74, 6) is 0.713. The van der Waals surface area contributed by atoms with Crippen molar-refractivity contribution in [1.82, 2.24) is 14.8 Å². The highest BCUT2D eigenvalue weighted by Crippen LogP contribution is 2.37. The van der Waals surface area contributed by atoms with E-state index in [9.17, 15) is 4.79 Å². The van der Waals surface area contributed by atoms with Gasteiger partial charge in [-0.2, -0.15) is 4.98 Å². The Morgan fingerprint density at radius 3 is 2.83 bits per heavy atom. The molecule has 0 saturated heterocycles. The van der Waals surface area contributed by atoms with Crippen LogP contribution >= 0.6 is 39.3 Å². The highest BCUT2D eigenvalue weighted by atomic mass is 79.9. The predicted octanol–water partition coefficient (Wildman–Crippen LogP) is 4.76. The van der Waals surface area contributed by atoms with Crippen LogP contribution < -0.4 is 11.1 Å². The van der Waals surface area contributed by atoms with Gasteiger partial charge in [0, 0.05) is 20.9 Å². The molecule has 0 aliphatic carbocycles. The van der Waals surface area contributed by atoms with Crippen molar-refractivity contribution in [2.45, 2.75) is 23.9 Å². The van der Waals surface area contributed by atoms with Crippen molar-refractivity contribution in [3.63, 3.8) is 0 Å². The second kappa shape index (κ2) is 8.22. The molecule has 1 atom stereocenters. The first-order chi connectivity index (χ1) is 13.9. The van der Waals surface area contributed by atoms with Gasteiger partial charge in [-0.25, -0.2) is 4.68 Å². The number of carbonyl (C=O) groups excluding carboxylic acids is 1. The number of benzene rings is 2. The Labute approximate surface area is 185 Å². The lowest BCUT2D eigenvalue weighted by Gasteiger charge is -2.27. The van der Waals surface area contributed by atoms with Crippen LogP contribution in [0, 0.1) is 0 Å². The standard InChI is InChI=1S/C20H17BrClN5OS/c1-11-16(18(23)28)17(12-6-4-7-14(21)9-12)27-19(24-11)25-20(26-27)29-10-13-5-2-3-8-15(13)22/h2-9,17H,10H2,1H3,(H2,23,28)(H,24,25,26). The van der Waals surface area contributed by atoms with Gasteiger partial charge in [0.25, 0.3) is 0 Å². The molecule has 3 N–H and O–H groups in total. The van der Waals surface area contributed by atoms with Crippen molar-refractivity contribution in [3.8, 4) is 0 Å². The lowest BCUT2D eigenvalue weighted by Crippen LogP contribution is -2.31. The van der Waals surface area contributed by atoms with Gasteiger partial charge in [-0.1, -0.05) is 69.6 Å². The summed E-state index contributed by atoms with van der Waals surface area (Å²) in [5.41, 5.74) is 8.74. The second-order valence-electron chi connectivity index (χ2n) is 6.53. The number of hydrogen-bond acceptors (Lipinski definition) is 5. The Bertz CT molecular complexity index is 1130. The van der Waals surface area contributed by atoms with Crippen LogP contribution in [0.25, 0.3) is 0 Å². The van der Waals surface area contributed by atoms with Crippen LogP contribution in [-0.2, 0) is 10.5 Å². The molecule has 1 unspecified atom stereocenters. The number of thioether (sulfide) groups is 1. The number of allylic oxidation sites excluding steroid dienone is 1. The molecule has 2 aromatic carbocycles. The van der Waals surface area contributed by atoms with E-state index in [2.05, 4.69) is 31.3 Å². The third kappa shape index (κ3) is 4.05. The number of nitrogens with zero attached hydrogens (tertiary/aromatic N) is 3. The molecule has 9 heteroatoms. The molecule has 0 spiro atoms. The molecule has 0 fully saturated rings. The van der Waals surface area contributed by atoms with Gasteiger partial charge in [-0.05, 0) is 36.2 Å². The van der Waals surface area contributed by atoms with Crippen molar-refractivity contribution in [3.05, 3.63) is 80.4 Å². The van der Waals surface area contributed by atoms with E-state index in [-0.39, 0.29) is 0 Å². The van der Waals surface area contributed by atoms with Gasteiger partial charge in [-0.3, -0.25) is 4.79 Å². The first kappa shape index (κ1) is 20.0. The molecule has 4 rings (SSSR count). The summed E-state index contributed by atoms with van der Waals surface area (Å²) >= 11 is 11.2. The first-order valence-corrected chi connectivity index (χ1v) is 11.0. The van der Waals surface area contributed by atoms with Crippen molar-refractivity contribution in [1.29, 1.82) is 0 Å². The maximum atomic E-state index is 12.2. The summed E-state index contributed by atoms with van der Waals surface area (Å²) in [6.45, 7) is 1.82. The molecule has 1 amide bonds. The molecule has 2 heterocycles. The van der Waals surface area contributed by atoms with Crippen LogP contribution in [0.3, 0.4) is 0 Å². The van der Waals surface area contributed by atoms with E-state index in [1.807, 2.05) is 55.5 Å². The topological polar surface area (TPSA) is 85.8 Å². The van der Waals surface area contributed by atoms with E-state index in [4.69, 9.17) is 17.3 Å². The number of fused-ring (bicyclic) bond motifs is 1. The lowest BCUT2D eigenvalue weighted by molar-refractivity contribution is -0.115. The van der Waals surface area contributed by atoms with Gasteiger partial charge in [0.05, 0.1) is 5.57 Å². The molecule has 0 saturated carbocycles. The van der Waals surface area contributed by atoms with E-state index in [0.29, 0.717) is 33.2 Å². The highest BCUT2D eigenvalue weighted by Gasteiger charge is 2.33. The molecule has 0 radical (unpaired) electrons. The fourth-order valence-corrected chi connectivity index (χ4v) is 4.79. The number of hydrogen-bond donors (Lipinski definition) is 2. The summed E-state index contributed by atoms with van der Waals surface area (Å²) in [4.78, 5) is 16.8. The monoisotopic (exact) mass is 489 g/mol. The van der Waals surface area contributed by atoms with E-state index >= 15 is 0 Å². The largest absolute Gasteiger partial charge is 0.366 e. The van der Waals surface area contributed by atoms with Crippen LogP contribution in [0.4, 0.5) is 5.95 Å². The van der Waals surface area contributed by atoms with Crippen molar-refractivity contribution in [2.24, 2.45) is 5.73 Å². The summed E-state index contributed by atoms with van der Waals surface area (Å²) in [6, 6.07) is 15.0. The number of rotatable bonds is 5. The average Bonchev–Trinajstić information content (AvgIpc) is 3.08. The van der Waals surface area contributed by atoms with E-state index in [1.165, 1.54) is 11.8 Å².